The van der Waals surface area contributed by atoms with Crippen molar-refractivity contribution in [1.82, 2.24) is 0 Å². The lowest BCUT2D eigenvalue weighted by atomic mass is 10.1. The van der Waals surface area contributed by atoms with E-state index in [1.807, 2.05) is 0 Å². The van der Waals surface area contributed by atoms with Gasteiger partial charge in [0.1, 0.15) is 0 Å². The Bertz CT molecular complexity index is 579. The Morgan fingerprint density at radius 3 is 2.47 bits per heavy atom. The Labute approximate surface area is 116 Å². The molecule has 98 valence electrons. The molecule has 0 saturated carbocycles. The second-order valence-corrected chi connectivity index (χ2v) is 4.70. The molecule has 0 aliphatic heterocycles. The Balaban J connectivity index is 2.10. The van der Waals surface area contributed by atoms with Crippen LogP contribution < -0.4 is 5.32 Å². The Morgan fingerprint density at radius 1 is 1.21 bits per heavy atom. The van der Waals surface area contributed by atoms with Crippen LogP contribution in [0.3, 0.4) is 0 Å². The van der Waals surface area contributed by atoms with Crippen molar-refractivity contribution >= 4 is 23.2 Å². The van der Waals surface area contributed by atoms with Crippen LogP contribution in [0, 0.1) is 0 Å². The monoisotopic (exact) mass is 275 g/mol. The van der Waals surface area contributed by atoms with E-state index in [9.17, 15) is 9.90 Å². The number of aliphatic hydroxyl groups is 1. The molecule has 0 aliphatic carbocycles. The van der Waals surface area contributed by atoms with E-state index >= 15 is 0 Å². The van der Waals surface area contributed by atoms with Gasteiger partial charge in [0.25, 0.3) is 5.91 Å². The third-order valence-corrected chi connectivity index (χ3v) is 2.97. The van der Waals surface area contributed by atoms with Crippen molar-refractivity contribution in [3.8, 4) is 0 Å². The van der Waals surface area contributed by atoms with Gasteiger partial charge in [0.05, 0.1) is 6.10 Å². The van der Waals surface area contributed by atoms with E-state index in [1.165, 1.54) is 0 Å². The van der Waals surface area contributed by atoms with Gasteiger partial charge in [-0.1, -0.05) is 29.8 Å². The first kappa shape index (κ1) is 13.6. The Kier molecular flexibility index (Phi) is 4.20. The number of carbonyl (C=O) groups is 1. The van der Waals surface area contributed by atoms with E-state index in [2.05, 4.69) is 5.32 Å². The number of nitrogens with one attached hydrogen (secondary N) is 1. The predicted molar refractivity (Wildman–Crippen MR) is 76.5 cm³/mol. The number of hydrogen-bond donors (Lipinski definition) is 2. The second kappa shape index (κ2) is 5.87. The van der Waals surface area contributed by atoms with Gasteiger partial charge < -0.3 is 10.4 Å². The summed E-state index contributed by atoms with van der Waals surface area (Å²) in [6.45, 7) is 1.69. The number of carbonyl (C=O) groups excluding carboxylic acids is 1. The fraction of sp³-hybridized carbons (Fsp3) is 0.133. The number of benzene rings is 2. The Morgan fingerprint density at radius 2 is 1.89 bits per heavy atom. The summed E-state index contributed by atoms with van der Waals surface area (Å²) in [6.07, 6.45) is -0.516. The topological polar surface area (TPSA) is 49.3 Å². The lowest BCUT2D eigenvalue weighted by Gasteiger charge is -2.08. The maximum atomic E-state index is 12.0. The van der Waals surface area contributed by atoms with Gasteiger partial charge in [0, 0.05) is 16.3 Å². The number of amides is 1. The molecule has 0 aromatic heterocycles. The maximum Gasteiger partial charge on any atom is 0.255 e. The number of anilines is 1. The molecule has 0 spiro atoms. The largest absolute Gasteiger partial charge is 0.389 e. The molecular formula is C15H14ClNO2. The summed E-state index contributed by atoms with van der Waals surface area (Å²) < 4.78 is 0. The standard InChI is InChI=1S/C15H14ClNO2/c1-10(18)11-5-7-14(8-6-11)17-15(19)12-3-2-4-13(16)9-12/h2-10,18H,1H3,(H,17,19). The van der Waals surface area contributed by atoms with E-state index in [1.54, 1.807) is 55.5 Å². The van der Waals surface area contributed by atoms with Crippen LogP contribution in [-0.4, -0.2) is 11.0 Å². The number of halogens is 1. The van der Waals surface area contributed by atoms with Gasteiger partial charge in [0.15, 0.2) is 0 Å². The van der Waals surface area contributed by atoms with Crippen molar-refractivity contribution in [2.24, 2.45) is 0 Å². The van der Waals surface area contributed by atoms with Crippen LogP contribution >= 0.6 is 11.6 Å². The summed E-state index contributed by atoms with van der Waals surface area (Å²) in [6, 6.07) is 13.8. The molecule has 1 atom stereocenters. The van der Waals surface area contributed by atoms with E-state index in [0.29, 0.717) is 16.3 Å². The molecule has 2 aromatic rings. The van der Waals surface area contributed by atoms with Crippen molar-refractivity contribution < 1.29 is 9.90 Å². The summed E-state index contributed by atoms with van der Waals surface area (Å²) in [5.41, 5.74) is 1.99. The smallest absolute Gasteiger partial charge is 0.255 e. The average molecular weight is 276 g/mol. The van der Waals surface area contributed by atoms with Crippen molar-refractivity contribution in [2.45, 2.75) is 13.0 Å². The minimum Gasteiger partial charge on any atom is -0.389 e. The van der Waals surface area contributed by atoms with Gasteiger partial charge in [-0.25, -0.2) is 0 Å². The van der Waals surface area contributed by atoms with E-state index < -0.39 is 6.10 Å². The summed E-state index contributed by atoms with van der Waals surface area (Å²) in [7, 11) is 0. The van der Waals surface area contributed by atoms with E-state index in [4.69, 9.17) is 11.6 Å². The molecule has 3 nitrogen and oxygen atoms in total. The fourth-order valence-electron chi connectivity index (χ4n) is 1.68. The third kappa shape index (κ3) is 3.56. The predicted octanol–water partition coefficient (Wildman–Crippen LogP) is 3.65. The highest BCUT2D eigenvalue weighted by Crippen LogP contribution is 2.17. The van der Waals surface area contributed by atoms with Crippen LogP contribution in [0.1, 0.15) is 28.9 Å². The molecule has 19 heavy (non-hydrogen) atoms. The van der Waals surface area contributed by atoms with Gasteiger partial charge in [0.2, 0.25) is 0 Å². The number of rotatable bonds is 3. The molecular weight excluding hydrogens is 262 g/mol. The van der Waals surface area contributed by atoms with E-state index in [-0.39, 0.29) is 5.91 Å². The first-order valence-electron chi connectivity index (χ1n) is 5.91. The summed E-state index contributed by atoms with van der Waals surface area (Å²) >= 11 is 5.84. The van der Waals surface area contributed by atoms with Gasteiger partial charge >= 0.3 is 0 Å². The second-order valence-electron chi connectivity index (χ2n) is 4.26. The zero-order valence-corrected chi connectivity index (χ0v) is 11.2. The van der Waals surface area contributed by atoms with E-state index in [0.717, 1.165) is 5.56 Å². The molecule has 0 aliphatic rings. The fourth-order valence-corrected chi connectivity index (χ4v) is 1.87. The molecule has 0 heterocycles. The van der Waals surface area contributed by atoms with Gasteiger partial charge in [-0.3, -0.25) is 4.79 Å². The van der Waals surface area contributed by atoms with Gasteiger partial charge in [-0.05, 0) is 42.8 Å². The van der Waals surface area contributed by atoms with Crippen LogP contribution in [0.4, 0.5) is 5.69 Å². The first-order valence-corrected chi connectivity index (χ1v) is 6.29. The molecule has 2 rings (SSSR count). The minimum absolute atomic E-state index is 0.215. The average Bonchev–Trinajstić information content (AvgIpc) is 2.39. The summed E-state index contributed by atoms with van der Waals surface area (Å²) in [5, 5.41) is 12.7. The molecule has 0 saturated heterocycles. The normalized spacial score (nSPS) is 11.9. The van der Waals surface area contributed by atoms with Crippen LogP contribution in [0.2, 0.25) is 5.02 Å². The van der Waals surface area contributed by atoms with Crippen LogP contribution in [-0.2, 0) is 0 Å². The summed E-state index contributed by atoms with van der Waals surface area (Å²) in [5.74, 6) is -0.215. The van der Waals surface area contributed by atoms with Crippen LogP contribution in [0.5, 0.6) is 0 Å². The van der Waals surface area contributed by atoms with Crippen LogP contribution in [0.15, 0.2) is 48.5 Å². The molecule has 0 fully saturated rings. The SMILES string of the molecule is CC(O)c1ccc(NC(=O)c2cccc(Cl)c2)cc1. The van der Waals surface area contributed by atoms with Gasteiger partial charge in [-0.2, -0.15) is 0 Å². The molecule has 2 N–H and O–H groups in total. The van der Waals surface area contributed by atoms with Gasteiger partial charge in [-0.15, -0.1) is 0 Å². The third-order valence-electron chi connectivity index (χ3n) is 2.74. The molecule has 1 unspecified atom stereocenters. The molecule has 0 bridgehead atoms. The lowest BCUT2D eigenvalue weighted by molar-refractivity contribution is 0.102. The van der Waals surface area contributed by atoms with Crippen molar-refractivity contribution in [2.75, 3.05) is 5.32 Å². The maximum absolute atomic E-state index is 12.0. The van der Waals surface area contributed by atoms with Crippen molar-refractivity contribution in [3.63, 3.8) is 0 Å². The quantitative estimate of drug-likeness (QED) is 0.898. The zero-order valence-electron chi connectivity index (χ0n) is 10.4. The molecule has 2 aromatic carbocycles. The minimum atomic E-state index is -0.516. The molecule has 0 radical (unpaired) electrons. The summed E-state index contributed by atoms with van der Waals surface area (Å²) in [4.78, 5) is 12.0. The zero-order chi connectivity index (χ0) is 13.8. The van der Waals surface area contributed by atoms with Crippen molar-refractivity contribution in [1.29, 1.82) is 0 Å². The number of aliphatic hydroxyl groups excluding tert-OH is 1. The Hall–Kier alpha value is -1.84. The highest BCUT2D eigenvalue weighted by atomic mass is 35.5. The highest BCUT2D eigenvalue weighted by Gasteiger charge is 2.07. The first-order chi connectivity index (χ1) is 9.06. The number of hydrogen-bond acceptors (Lipinski definition) is 2. The molecule has 4 heteroatoms. The van der Waals surface area contributed by atoms with Crippen molar-refractivity contribution in [3.05, 3.63) is 64.7 Å². The molecule has 1 amide bonds. The highest BCUT2D eigenvalue weighted by molar-refractivity contribution is 6.31. The van der Waals surface area contributed by atoms with Crippen LogP contribution in [0.25, 0.3) is 0 Å². The lowest BCUT2D eigenvalue weighted by Crippen LogP contribution is -2.11.